The molecule has 0 fully saturated rings. The number of aliphatic hydroxyl groups is 1. The fourth-order valence-corrected chi connectivity index (χ4v) is 1.58. The lowest BCUT2D eigenvalue weighted by molar-refractivity contribution is 0.184. The average molecular weight is 191 g/mol. The zero-order valence-electron chi connectivity index (χ0n) is 8.01. The third-order valence-corrected chi connectivity index (χ3v) is 2.29. The van der Waals surface area contributed by atoms with Gasteiger partial charge in [0.05, 0.1) is 11.2 Å². The van der Waals surface area contributed by atoms with Crippen molar-refractivity contribution in [3.8, 4) is 0 Å². The number of nitrogens with two attached hydrogens (primary N) is 1. The van der Waals surface area contributed by atoms with Crippen molar-refractivity contribution in [3.63, 3.8) is 0 Å². The zero-order chi connectivity index (χ0) is 10.1. The molecule has 0 radical (unpaired) electrons. The molecule has 0 amide bonds. The van der Waals surface area contributed by atoms with E-state index in [-0.39, 0.29) is 6.54 Å². The molecule has 0 aromatic carbocycles. The minimum Gasteiger partial charge on any atom is -0.385 e. The fraction of sp³-hybridized carbons (Fsp3) is 0.300. The molecule has 1 unspecified atom stereocenters. The van der Waals surface area contributed by atoms with E-state index in [0.717, 1.165) is 11.3 Å². The summed E-state index contributed by atoms with van der Waals surface area (Å²) >= 11 is 0. The predicted octanol–water partition coefficient (Wildman–Crippen LogP) is 0.635. The Morgan fingerprint density at radius 2 is 2.36 bits per heavy atom. The van der Waals surface area contributed by atoms with Gasteiger partial charge in [0, 0.05) is 12.7 Å². The molecule has 0 aliphatic rings. The van der Waals surface area contributed by atoms with Gasteiger partial charge < -0.3 is 15.2 Å². The van der Waals surface area contributed by atoms with Crippen LogP contribution in [0.25, 0.3) is 5.52 Å². The van der Waals surface area contributed by atoms with Gasteiger partial charge in [-0.15, -0.1) is 0 Å². The van der Waals surface area contributed by atoms with Crippen LogP contribution in [0.2, 0.25) is 0 Å². The van der Waals surface area contributed by atoms with Gasteiger partial charge in [-0.2, -0.15) is 0 Å². The number of fused-ring (bicyclic) bond motifs is 1. The number of aliphatic hydroxyl groups excluding tert-OH is 1. The molecule has 0 spiro atoms. The van der Waals surface area contributed by atoms with Crippen LogP contribution in [0.4, 0.5) is 0 Å². The van der Waals surface area contributed by atoms with Crippen LogP contribution in [-0.4, -0.2) is 21.0 Å². The number of aromatic nitrogens is 2. The summed E-state index contributed by atoms with van der Waals surface area (Å²) in [4.78, 5) is 4.29. The van der Waals surface area contributed by atoms with Crippen molar-refractivity contribution in [1.29, 1.82) is 0 Å². The molecule has 2 heterocycles. The molecule has 74 valence electrons. The Hall–Kier alpha value is -1.39. The predicted molar refractivity (Wildman–Crippen MR) is 53.9 cm³/mol. The van der Waals surface area contributed by atoms with Crippen LogP contribution < -0.4 is 5.73 Å². The normalized spacial score (nSPS) is 13.4. The van der Waals surface area contributed by atoms with Crippen LogP contribution in [0.15, 0.2) is 24.4 Å². The molecular weight excluding hydrogens is 178 g/mol. The van der Waals surface area contributed by atoms with Crippen LogP contribution in [0, 0.1) is 6.92 Å². The quantitative estimate of drug-likeness (QED) is 0.732. The first-order chi connectivity index (χ1) is 6.74. The van der Waals surface area contributed by atoms with Crippen molar-refractivity contribution < 1.29 is 5.11 Å². The van der Waals surface area contributed by atoms with Crippen LogP contribution in [-0.2, 0) is 0 Å². The zero-order valence-corrected chi connectivity index (χ0v) is 8.01. The van der Waals surface area contributed by atoms with E-state index >= 15 is 0 Å². The van der Waals surface area contributed by atoms with E-state index < -0.39 is 6.10 Å². The molecule has 0 aliphatic carbocycles. The lowest BCUT2D eigenvalue weighted by Crippen LogP contribution is -2.12. The fourth-order valence-electron chi connectivity index (χ4n) is 1.58. The van der Waals surface area contributed by atoms with Crippen molar-refractivity contribution >= 4 is 5.52 Å². The van der Waals surface area contributed by atoms with Gasteiger partial charge in [-0.3, -0.25) is 0 Å². The SMILES string of the molecule is Cc1nc(C(O)CN)c2ccccn12. The molecule has 2 aromatic rings. The van der Waals surface area contributed by atoms with Gasteiger partial charge in [0.15, 0.2) is 0 Å². The summed E-state index contributed by atoms with van der Waals surface area (Å²) in [7, 11) is 0. The molecule has 2 aromatic heterocycles. The summed E-state index contributed by atoms with van der Waals surface area (Å²) in [5, 5.41) is 9.64. The highest BCUT2D eigenvalue weighted by Crippen LogP contribution is 2.18. The van der Waals surface area contributed by atoms with Crippen molar-refractivity contribution in [2.75, 3.05) is 6.54 Å². The highest BCUT2D eigenvalue weighted by Gasteiger charge is 2.13. The van der Waals surface area contributed by atoms with E-state index in [4.69, 9.17) is 5.73 Å². The maximum Gasteiger partial charge on any atom is 0.110 e. The van der Waals surface area contributed by atoms with Gasteiger partial charge >= 0.3 is 0 Å². The number of hydrogen-bond acceptors (Lipinski definition) is 3. The number of pyridine rings is 1. The monoisotopic (exact) mass is 191 g/mol. The molecule has 0 bridgehead atoms. The maximum atomic E-state index is 9.64. The van der Waals surface area contributed by atoms with Gasteiger partial charge in [-0.25, -0.2) is 4.98 Å². The van der Waals surface area contributed by atoms with Crippen LogP contribution in [0.5, 0.6) is 0 Å². The van der Waals surface area contributed by atoms with Gasteiger partial charge in [0.25, 0.3) is 0 Å². The lowest BCUT2D eigenvalue weighted by atomic mass is 10.2. The van der Waals surface area contributed by atoms with Crippen LogP contribution in [0.3, 0.4) is 0 Å². The average Bonchev–Trinajstić information content (AvgIpc) is 2.56. The van der Waals surface area contributed by atoms with Crippen molar-refractivity contribution in [3.05, 3.63) is 35.9 Å². The highest BCUT2D eigenvalue weighted by molar-refractivity contribution is 5.54. The second kappa shape index (κ2) is 3.40. The smallest absolute Gasteiger partial charge is 0.110 e. The molecule has 4 nitrogen and oxygen atoms in total. The largest absolute Gasteiger partial charge is 0.385 e. The molecule has 2 rings (SSSR count). The van der Waals surface area contributed by atoms with Gasteiger partial charge in [0.1, 0.15) is 11.9 Å². The summed E-state index contributed by atoms with van der Waals surface area (Å²) in [6.07, 6.45) is 1.24. The minimum atomic E-state index is -0.680. The first-order valence-electron chi connectivity index (χ1n) is 4.55. The van der Waals surface area contributed by atoms with Crippen molar-refractivity contribution in [2.45, 2.75) is 13.0 Å². The molecule has 4 heteroatoms. The Bertz CT molecular complexity index is 450. The number of hydrogen-bond donors (Lipinski definition) is 2. The van der Waals surface area contributed by atoms with E-state index in [1.165, 1.54) is 0 Å². The van der Waals surface area contributed by atoms with Gasteiger partial charge in [-0.05, 0) is 19.1 Å². The van der Waals surface area contributed by atoms with E-state index in [1.54, 1.807) is 0 Å². The van der Waals surface area contributed by atoms with E-state index in [1.807, 2.05) is 35.7 Å². The first-order valence-corrected chi connectivity index (χ1v) is 4.55. The highest BCUT2D eigenvalue weighted by atomic mass is 16.3. The van der Waals surface area contributed by atoms with Crippen LogP contribution in [0.1, 0.15) is 17.6 Å². The number of rotatable bonds is 2. The van der Waals surface area contributed by atoms with E-state index in [9.17, 15) is 5.11 Å². The Morgan fingerprint density at radius 1 is 1.57 bits per heavy atom. The van der Waals surface area contributed by atoms with Crippen molar-refractivity contribution in [1.82, 2.24) is 9.38 Å². The van der Waals surface area contributed by atoms with Gasteiger partial charge in [0.2, 0.25) is 0 Å². The van der Waals surface area contributed by atoms with E-state index in [2.05, 4.69) is 4.98 Å². The molecule has 0 aliphatic heterocycles. The van der Waals surface area contributed by atoms with Crippen LogP contribution >= 0.6 is 0 Å². The Balaban J connectivity index is 2.66. The molecule has 0 saturated heterocycles. The summed E-state index contributed by atoms with van der Waals surface area (Å²) in [5.74, 6) is 0.864. The minimum absolute atomic E-state index is 0.195. The summed E-state index contributed by atoms with van der Waals surface area (Å²) < 4.78 is 1.94. The third kappa shape index (κ3) is 1.29. The Morgan fingerprint density at radius 3 is 3.07 bits per heavy atom. The second-order valence-electron chi connectivity index (χ2n) is 3.25. The second-order valence-corrected chi connectivity index (χ2v) is 3.25. The maximum absolute atomic E-state index is 9.64. The lowest BCUT2D eigenvalue weighted by Gasteiger charge is -2.03. The summed E-state index contributed by atoms with van der Waals surface area (Å²) in [6, 6.07) is 5.78. The molecule has 0 saturated carbocycles. The third-order valence-electron chi connectivity index (χ3n) is 2.29. The first kappa shape index (κ1) is 9.18. The Labute approximate surface area is 82.0 Å². The number of aryl methyl sites for hydroxylation is 1. The number of nitrogens with zero attached hydrogens (tertiary/aromatic N) is 2. The standard InChI is InChI=1S/C10H13N3O/c1-7-12-10(9(14)6-11)8-4-2-3-5-13(7)8/h2-5,9,14H,6,11H2,1H3. The Kier molecular flexibility index (Phi) is 2.23. The topological polar surface area (TPSA) is 63.5 Å². The molecular formula is C10H13N3O. The van der Waals surface area contributed by atoms with E-state index in [0.29, 0.717) is 5.69 Å². The number of imidazole rings is 1. The summed E-state index contributed by atoms with van der Waals surface area (Å²) in [5.41, 5.74) is 6.98. The summed E-state index contributed by atoms with van der Waals surface area (Å²) in [6.45, 7) is 2.10. The molecule has 1 atom stereocenters. The van der Waals surface area contributed by atoms with Gasteiger partial charge in [-0.1, -0.05) is 6.07 Å². The van der Waals surface area contributed by atoms with Crippen molar-refractivity contribution in [2.24, 2.45) is 5.73 Å². The molecule has 3 N–H and O–H groups in total. The molecule has 14 heavy (non-hydrogen) atoms.